The molecule has 0 radical (unpaired) electrons. The van der Waals surface area contributed by atoms with Crippen molar-refractivity contribution in [3.63, 3.8) is 0 Å². The molecule has 0 atom stereocenters. The first-order valence-electron chi connectivity index (χ1n) is 5.72. The molecule has 1 rings (SSSR count). The smallest absolute Gasteiger partial charge is 0.293 e. The molecule has 0 aliphatic rings. The van der Waals surface area contributed by atoms with Crippen molar-refractivity contribution in [2.45, 2.75) is 32.7 Å². The van der Waals surface area contributed by atoms with Crippen molar-refractivity contribution in [2.75, 3.05) is 11.9 Å². The van der Waals surface area contributed by atoms with E-state index in [4.69, 9.17) is 5.73 Å². The molecule has 0 saturated carbocycles. The summed E-state index contributed by atoms with van der Waals surface area (Å²) in [5.41, 5.74) is 4.89. The summed E-state index contributed by atoms with van der Waals surface area (Å²) in [5, 5.41) is 2.91. The zero-order valence-electron chi connectivity index (χ0n) is 9.98. The highest BCUT2D eigenvalue weighted by atomic mass is 16.1. The predicted molar refractivity (Wildman–Crippen MR) is 65.7 cm³/mol. The number of carbonyl (C=O) groups is 1. The van der Waals surface area contributed by atoms with Crippen LogP contribution >= 0.6 is 0 Å². The summed E-state index contributed by atoms with van der Waals surface area (Å²) in [6.45, 7) is 3.20. The Balaban J connectivity index is 2.56. The summed E-state index contributed by atoms with van der Waals surface area (Å²) >= 11 is 0. The highest BCUT2D eigenvalue weighted by Crippen LogP contribution is 1.96. The van der Waals surface area contributed by atoms with Crippen LogP contribution in [-0.4, -0.2) is 22.0 Å². The molecule has 94 valence electrons. The minimum Gasteiger partial charge on any atom is -0.370 e. The Morgan fingerprint density at radius 1 is 1.59 bits per heavy atom. The third kappa shape index (κ3) is 4.26. The van der Waals surface area contributed by atoms with Crippen LogP contribution in [0.1, 0.15) is 26.2 Å². The summed E-state index contributed by atoms with van der Waals surface area (Å²) in [5.74, 6) is -0.0124. The summed E-state index contributed by atoms with van der Waals surface area (Å²) in [7, 11) is 0. The Labute approximate surface area is 99.8 Å². The van der Waals surface area contributed by atoms with E-state index in [1.165, 1.54) is 0 Å². The second-order valence-corrected chi connectivity index (χ2v) is 3.77. The van der Waals surface area contributed by atoms with Crippen LogP contribution in [0.5, 0.6) is 0 Å². The van der Waals surface area contributed by atoms with E-state index in [-0.39, 0.29) is 11.5 Å². The third-order valence-electron chi connectivity index (χ3n) is 2.27. The van der Waals surface area contributed by atoms with Crippen LogP contribution in [0, 0.1) is 0 Å². The van der Waals surface area contributed by atoms with Crippen LogP contribution in [0.15, 0.2) is 17.2 Å². The van der Waals surface area contributed by atoms with Gasteiger partial charge in [0.05, 0.1) is 0 Å². The van der Waals surface area contributed by atoms with E-state index in [9.17, 15) is 9.59 Å². The fourth-order valence-electron chi connectivity index (χ4n) is 1.45. The Morgan fingerprint density at radius 2 is 2.35 bits per heavy atom. The zero-order chi connectivity index (χ0) is 12.7. The topological polar surface area (TPSA) is 90.0 Å². The maximum Gasteiger partial charge on any atom is 0.293 e. The molecule has 6 heteroatoms. The monoisotopic (exact) mass is 238 g/mol. The number of anilines is 1. The fraction of sp³-hybridized carbons (Fsp3) is 0.545. The van der Waals surface area contributed by atoms with Crippen molar-refractivity contribution in [1.82, 2.24) is 9.55 Å². The number of nitrogens with one attached hydrogen (secondary N) is 1. The fourth-order valence-corrected chi connectivity index (χ4v) is 1.45. The first-order valence-corrected chi connectivity index (χ1v) is 5.72. The number of aryl methyl sites for hydroxylation is 1. The number of primary amides is 1. The lowest BCUT2D eigenvalue weighted by molar-refractivity contribution is -0.118. The number of amides is 1. The predicted octanol–water partition coefficient (Wildman–Crippen LogP) is 0.331. The molecular formula is C11H18N4O2. The van der Waals surface area contributed by atoms with E-state index in [1.54, 1.807) is 17.0 Å². The number of aromatic nitrogens is 2. The number of nitrogens with zero attached hydrogens (tertiary/aromatic N) is 2. The molecular weight excluding hydrogens is 220 g/mol. The molecule has 0 aliphatic heterocycles. The standard InChI is InChI=1S/C11H18N4O2/c1-2-7-15-8-6-14-10(11(15)17)13-5-3-4-9(12)16/h6,8H,2-5,7H2,1H3,(H2,12,16)(H,13,14). The van der Waals surface area contributed by atoms with E-state index in [1.807, 2.05) is 6.92 Å². The van der Waals surface area contributed by atoms with E-state index >= 15 is 0 Å². The SMILES string of the molecule is CCCn1ccnc(NCCCC(N)=O)c1=O. The van der Waals surface area contributed by atoms with Gasteiger partial charge in [-0.2, -0.15) is 0 Å². The van der Waals surface area contributed by atoms with Crippen molar-refractivity contribution >= 4 is 11.7 Å². The number of rotatable bonds is 7. The van der Waals surface area contributed by atoms with Gasteiger partial charge in [-0.05, 0) is 12.8 Å². The Morgan fingerprint density at radius 3 is 3.00 bits per heavy atom. The Hall–Kier alpha value is -1.85. The number of hydrogen-bond acceptors (Lipinski definition) is 4. The zero-order valence-corrected chi connectivity index (χ0v) is 9.98. The normalized spacial score (nSPS) is 10.2. The van der Waals surface area contributed by atoms with Gasteiger partial charge in [-0.15, -0.1) is 0 Å². The van der Waals surface area contributed by atoms with Gasteiger partial charge < -0.3 is 15.6 Å². The lowest BCUT2D eigenvalue weighted by Crippen LogP contribution is -2.25. The molecule has 0 bridgehead atoms. The second kappa shape index (κ2) is 6.67. The molecule has 0 fully saturated rings. The maximum atomic E-state index is 11.8. The minimum atomic E-state index is -0.337. The van der Waals surface area contributed by atoms with Crippen molar-refractivity contribution in [3.8, 4) is 0 Å². The molecule has 1 aromatic heterocycles. The van der Waals surface area contributed by atoms with Gasteiger partial charge in [0.1, 0.15) is 0 Å². The second-order valence-electron chi connectivity index (χ2n) is 3.77. The van der Waals surface area contributed by atoms with Crippen molar-refractivity contribution in [3.05, 3.63) is 22.7 Å². The summed E-state index contributed by atoms with van der Waals surface area (Å²) in [4.78, 5) is 26.3. The highest BCUT2D eigenvalue weighted by Gasteiger charge is 2.03. The van der Waals surface area contributed by atoms with Crippen LogP contribution in [-0.2, 0) is 11.3 Å². The average Bonchev–Trinajstić information content (AvgIpc) is 2.29. The maximum absolute atomic E-state index is 11.8. The van der Waals surface area contributed by atoms with Gasteiger partial charge in [0.2, 0.25) is 5.91 Å². The van der Waals surface area contributed by atoms with Crippen LogP contribution in [0.3, 0.4) is 0 Å². The molecule has 6 nitrogen and oxygen atoms in total. The van der Waals surface area contributed by atoms with Crippen LogP contribution < -0.4 is 16.6 Å². The van der Waals surface area contributed by atoms with Gasteiger partial charge in [0.25, 0.3) is 5.56 Å². The molecule has 0 unspecified atom stereocenters. The molecule has 3 N–H and O–H groups in total. The van der Waals surface area contributed by atoms with E-state index in [2.05, 4.69) is 10.3 Å². The summed E-state index contributed by atoms with van der Waals surface area (Å²) in [6.07, 6.45) is 5.06. The van der Waals surface area contributed by atoms with Gasteiger partial charge in [-0.25, -0.2) is 4.98 Å². The van der Waals surface area contributed by atoms with Crippen molar-refractivity contribution < 1.29 is 4.79 Å². The molecule has 0 aromatic carbocycles. The number of nitrogens with two attached hydrogens (primary N) is 1. The van der Waals surface area contributed by atoms with Gasteiger partial charge in [0, 0.05) is 31.9 Å². The molecule has 1 amide bonds. The van der Waals surface area contributed by atoms with E-state index in [0.29, 0.717) is 31.7 Å². The molecule has 0 aliphatic carbocycles. The minimum absolute atomic E-state index is 0.131. The largest absolute Gasteiger partial charge is 0.370 e. The first-order chi connectivity index (χ1) is 8.15. The average molecular weight is 238 g/mol. The van der Waals surface area contributed by atoms with Gasteiger partial charge >= 0.3 is 0 Å². The molecule has 17 heavy (non-hydrogen) atoms. The van der Waals surface area contributed by atoms with Gasteiger partial charge in [0.15, 0.2) is 5.82 Å². The van der Waals surface area contributed by atoms with Gasteiger partial charge in [-0.1, -0.05) is 6.92 Å². The lowest BCUT2D eigenvalue weighted by Gasteiger charge is -2.07. The molecule has 0 spiro atoms. The first kappa shape index (κ1) is 13.2. The number of hydrogen-bond donors (Lipinski definition) is 2. The van der Waals surface area contributed by atoms with E-state index in [0.717, 1.165) is 6.42 Å². The van der Waals surface area contributed by atoms with Gasteiger partial charge in [-0.3, -0.25) is 9.59 Å². The molecule has 1 aromatic rings. The molecule has 0 saturated heterocycles. The van der Waals surface area contributed by atoms with Crippen LogP contribution in [0.25, 0.3) is 0 Å². The van der Waals surface area contributed by atoms with Crippen LogP contribution in [0.2, 0.25) is 0 Å². The summed E-state index contributed by atoms with van der Waals surface area (Å²) < 4.78 is 1.61. The Bertz CT molecular complexity index is 428. The summed E-state index contributed by atoms with van der Waals surface area (Å²) in [6, 6.07) is 0. The third-order valence-corrected chi connectivity index (χ3v) is 2.27. The molecule has 1 heterocycles. The highest BCUT2D eigenvalue weighted by molar-refractivity contribution is 5.73. The van der Waals surface area contributed by atoms with E-state index < -0.39 is 0 Å². The van der Waals surface area contributed by atoms with Crippen molar-refractivity contribution in [1.29, 1.82) is 0 Å². The quantitative estimate of drug-likeness (QED) is 0.670. The van der Waals surface area contributed by atoms with Crippen LogP contribution in [0.4, 0.5) is 5.82 Å². The Kier molecular flexibility index (Phi) is 5.19. The number of carbonyl (C=O) groups excluding carboxylic acids is 1. The van der Waals surface area contributed by atoms with Crippen molar-refractivity contribution in [2.24, 2.45) is 5.73 Å². The lowest BCUT2D eigenvalue weighted by atomic mass is 10.3.